The largest absolute Gasteiger partial charge is 0.477 e. The normalized spacial score (nSPS) is 17.7. The van der Waals surface area contributed by atoms with Gasteiger partial charge in [-0.3, -0.25) is 0 Å². The molecule has 4 heteroatoms. The highest BCUT2D eigenvalue weighted by Crippen LogP contribution is 2.14. The minimum absolute atomic E-state index is 0.329. The van der Waals surface area contributed by atoms with Crippen LogP contribution in [-0.2, 0) is 0 Å². The van der Waals surface area contributed by atoms with Crippen molar-refractivity contribution in [3.63, 3.8) is 0 Å². The molecule has 0 aromatic carbocycles. The van der Waals surface area contributed by atoms with Crippen LogP contribution < -0.4 is 10.1 Å². The Labute approximate surface area is 88.7 Å². The molecule has 15 heavy (non-hydrogen) atoms. The summed E-state index contributed by atoms with van der Waals surface area (Å²) >= 11 is 0. The lowest BCUT2D eigenvalue weighted by molar-refractivity contribution is 0.208. The number of hydrogen-bond acceptors (Lipinski definition) is 3. The molecule has 2 rings (SSSR count). The lowest BCUT2D eigenvalue weighted by Crippen LogP contribution is -2.30. The number of rotatable bonds is 3. The highest BCUT2D eigenvalue weighted by molar-refractivity contribution is 5.10. The van der Waals surface area contributed by atoms with Crippen LogP contribution in [0.1, 0.15) is 12.8 Å². The minimum atomic E-state index is -0.329. The molecule has 1 fully saturated rings. The van der Waals surface area contributed by atoms with E-state index in [0.717, 1.165) is 25.9 Å². The first-order chi connectivity index (χ1) is 7.34. The Bertz CT molecular complexity index is 296. The van der Waals surface area contributed by atoms with Crippen LogP contribution >= 0.6 is 0 Å². The molecule has 0 saturated carbocycles. The number of halogens is 1. The summed E-state index contributed by atoms with van der Waals surface area (Å²) in [4.78, 5) is 3.85. The Kier molecular flexibility index (Phi) is 3.50. The van der Waals surface area contributed by atoms with Crippen LogP contribution in [0.15, 0.2) is 18.3 Å². The van der Waals surface area contributed by atoms with Crippen LogP contribution in [0, 0.1) is 11.7 Å². The van der Waals surface area contributed by atoms with E-state index in [1.54, 1.807) is 6.07 Å². The second kappa shape index (κ2) is 5.07. The van der Waals surface area contributed by atoms with Gasteiger partial charge in [0.25, 0.3) is 0 Å². The Hall–Kier alpha value is -1.16. The third-order valence-corrected chi connectivity index (χ3v) is 2.63. The number of piperidine rings is 1. The van der Waals surface area contributed by atoms with Crippen LogP contribution in [-0.4, -0.2) is 24.7 Å². The molecule has 0 radical (unpaired) electrons. The van der Waals surface area contributed by atoms with Crippen molar-refractivity contribution in [3.05, 3.63) is 24.1 Å². The van der Waals surface area contributed by atoms with Gasteiger partial charge in [-0.2, -0.15) is 0 Å². The number of nitrogens with one attached hydrogen (secondary N) is 1. The van der Waals surface area contributed by atoms with Gasteiger partial charge in [0.2, 0.25) is 5.88 Å². The lowest BCUT2D eigenvalue weighted by Gasteiger charge is -2.22. The smallest absolute Gasteiger partial charge is 0.213 e. The van der Waals surface area contributed by atoms with Crippen molar-refractivity contribution in [1.29, 1.82) is 0 Å². The average Bonchev–Trinajstić information content (AvgIpc) is 2.30. The summed E-state index contributed by atoms with van der Waals surface area (Å²) in [5, 5.41) is 3.30. The molecule has 3 nitrogen and oxygen atoms in total. The molecule has 82 valence electrons. The Morgan fingerprint density at radius 1 is 1.40 bits per heavy atom. The number of nitrogens with zero attached hydrogens (tertiary/aromatic N) is 1. The second-order valence-corrected chi connectivity index (χ2v) is 3.82. The Morgan fingerprint density at radius 2 is 2.20 bits per heavy atom. The zero-order valence-electron chi connectivity index (χ0n) is 8.58. The molecule has 0 unspecified atom stereocenters. The maximum atomic E-state index is 12.6. The van der Waals surface area contributed by atoms with Gasteiger partial charge in [0.05, 0.1) is 12.8 Å². The summed E-state index contributed by atoms with van der Waals surface area (Å²) in [5.41, 5.74) is 0. The van der Waals surface area contributed by atoms with Crippen LogP contribution in [0.3, 0.4) is 0 Å². The third-order valence-electron chi connectivity index (χ3n) is 2.63. The standard InChI is InChI=1S/C11H15FN2O/c12-10-1-2-11(14-7-10)15-8-9-3-5-13-6-4-9/h1-2,7,9,13H,3-6,8H2. The van der Waals surface area contributed by atoms with E-state index in [4.69, 9.17) is 4.74 Å². The first kappa shape index (κ1) is 10.4. The number of aromatic nitrogens is 1. The van der Waals surface area contributed by atoms with Gasteiger partial charge < -0.3 is 10.1 Å². The van der Waals surface area contributed by atoms with E-state index < -0.39 is 0 Å². The summed E-state index contributed by atoms with van der Waals surface area (Å²) in [6.07, 6.45) is 3.46. The molecular weight excluding hydrogens is 195 g/mol. The predicted molar refractivity (Wildman–Crippen MR) is 55.3 cm³/mol. The van der Waals surface area contributed by atoms with Gasteiger partial charge in [0, 0.05) is 6.07 Å². The van der Waals surface area contributed by atoms with Gasteiger partial charge >= 0.3 is 0 Å². The van der Waals surface area contributed by atoms with E-state index in [9.17, 15) is 4.39 Å². The van der Waals surface area contributed by atoms with Crippen LogP contribution in [0.5, 0.6) is 5.88 Å². The quantitative estimate of drug-likeness (QED) is 0.822. The predicted octanol–water partition coefficient (Wildman–Crippen LogP) is 1.60. The fourth-order valence-corrected chi connectivity index (χ4v) is 1.70. The molecule has 1 saturated heterocycles. The van der Waals surface area contributed by atoms with Gasteiger partial charge in [-0.15, -0.1) is 0 Å². The number of pyridine rings is 1. The summed E-state index contributed by atoms with van der Waals surface area (Å²) in [5.74, 6) is 0.775. The molecule has 0 bridgehead atoms. The molecule has 1 aromatic heterocycles. The highest BCUT2D eigenvalue weighted by Gasteiger charge is 2.13. The van der Waals surface area contributed by atoms with E-state index in [0.29, 0.717) is 18.4 Å². The van der Waals surface area contributed by atoms with Gasteiger partial charge in [0.1, 0.15) is 5.82 Å². The summed E-state index contributed by atoms with van der Waals surface area (Å²) in [6.45, 7) is 2.80. The van der Waals surface area contributed by atoms with Gasteiger partial charge in [-0.25, -0.2) is 9.37 Å². The summed E-state index contributed by atoms with van der Waals surface area (Å²) in [7, 11) is 0. The fourth-order valence-electron chi connectivity index (χ4n) is 1.70. The van der Waals surface area contributed by atoms with Crippen LogP contribution in [0.2, 0.25) is 0 Å². The molecule has 0 aliphatic carbocycles. The van der Waals surface area contributed by atoms with Crippen molar-refractivity contribution in [2.24, 2.45) is 5.92 Å². The van der Waals surface area contributed by atoms with Crippen LogP contribution in [0.4, 0.5) is 4.39 Å². The summed E-state index contributed by atoms with van der Waals surface area (Å²) in [6, 6.07) is 2.93. The van der Waals surface area contributed by atoms with Crippen molar-refractivity contribution in [3.8, 4) is 5.88 Å². The Balaban J connectivity index is 1.79. The molecule has 0 atom stereocenters. The summed E-state index contributed by atoms with van der Waals surface area (Å²) < 4.78 is 18.1. The molecule has 1 N–H and O–H groups in total. The monoisotopic (exact) mass is 210 g/mol. The average molecular weight is 210 g/mol. The molecule has 2 heterocycles. The maximum absolute atomic E-state index is 12.6. The van der Waals surface area contributed by atoms with Gasteiger partial charge in [0.15, 0.2) is 0 Å². The van der Waals surface area contributed by atoms with Gasteiger partial charge in [-0.05, 0) is 37.9 Å². The fraction of sp³-hybridized carbons (Fsp3) is 0.545. The molecule has 1 aromatic rings. The van der Waals surface area contributed by atoms with E-state index in [1.165, 1.54) is 12.3 Å². The zero-order valence-corrected chi connectivity index (χ0v) is 8.58. The molecule has 0 amide bonds. The van der Waals surface area contributed by atoms with Crippen molar-refractivity contribution in [1.82, 2.24) is 10.3 Å². The molecule has 1 aliphatic rings. The molecule has 0 spiro atoms. The zero-order chi connectivity index (χ0) is 10.5. The van der Waals surface area contributed by atoms with Crippen molar-refractivity contribution >= 4 is 0 Å². The van der Waals surface area contributed by atoms with Crippen LogP contribution in [0.25, 0.3) is 0 Å². The van der Waals surface area contributed by atoms with E-state index >= 15 is 0 Å². The van der Waals surface area contributed by atoms with Crippen molar-refractivity contribution < 1.29 is 9.13 Å². The first-order valence-electron chi connectivity index (χ1n) is 5.29. The van der Waals surface area contributed by atoms with Crippen molar-refractivity contribution in [2.45, 2.75) is 12.8 Å². The minimum Gasteiger partial charge on any atom is -0.477 e. The number of ether oxygens (including phenoxy) is 1. The molecular formula is C11H15FN2O. The van der Waals surface area contributed by atoms with E-state index in [2.05, 4.69) is 10.3 Å². The van der Waals surface area contributed by atoms with Gasteiger partial charge in [-0.1, -0.05) is 0 Å². The number of hydrogen-bond donors (Lipinski definition) is 1. The first-order valence-corrected chi connectivity index (χ1v) is 5.29. The SMILES string of the molecule is Fc1ccc(OCC2CCNCC2)nc1. The van der Waals surface area contributed by atoms with Crippen molar-refractivity contribution in [2.75, 3.05) is 19.7 Å². The maximum Gasteiger partial charge on any atom is 0.213 e. The highest BCUT2D eigenvalue weighted by atomic mass is 19.1. The topological polar surface area (TPSA) is 34.1 Å². The lowest BCUT2D eigenvalue weighted by atomic mass is 9.99. The third kappa shape index (κ3) is 3.16. The van der Waals surface area contributed by atoms with E-state index in [-0.39, 0.29) is 5.82 Å². The van der Waals surface area contributed by atoms with E-state index in [1.807, 2.05) is 0 Å². The molecule has 1 aliphatic heterocycles. The Morgan fingerprint density at radius 3 is 2.87 bits per heavy atom. The second-order valence-electron chi connectivity index (χ2n) is 3.82.